The van der Waals surface area contributed by atoms with Crippen LogP contribution in [0.4, 0.5) is 0 Å². The topological polar surface area (TPSA) is 68.0 Å². The molecule has 18 heavy (non-hydrogen) atoms. The van der Waals surface area contributed by atoms with E-state index in [0.717, 1.165) is 17.7 Å². The van der Waals surface area contributed by atoms with Gasteiger partial charge in [0.15, 0.2) is 5.69 Å². The molecular weight excluding hydrogens is 230 g/mol. The fourth-order valence-electron chi connectivity index (χ4n) is 1.90. The highest BCUT2D eigenvalue weighted by molar-refractivity contribution is 5.86. The molecule has 0 amide bonds. The predicted molar refractivity (Wildman–Crippen MR) is 67.1 cm³/mol. The van der Waals surface area contributed by atoms with Crippen LogP contribution in [0.1, 0.15) is 35.1 Å². The maximum Gasteiger partial charge on any atom is 0.358 e. The Hall–Kier alpha value is -2.17. The highest BCUT2D eigenvalue weighted by Crippen LogP contribution is 2.16. The minimum absolute atomic E-state index is 0.0401. The number of aryl methyl sites for hydroxylation is 1. The number of benzene rings is 1. The summed E-state index contributed by atoms with van der Waals surface area (Å²) >= 11 is 0. The number of carbonyl (C=O) groups is 1. The first-order chi connectivity index (χ1) is 8.63. The normalized spacial score (nSPS) is 10.6. The molecule has 0 fully saturated rings. The van der Waals surface area contributed by atoms with E-state index in [1.807, 2.05) is 38.1 Å². The molecule has 5 heteroatoms. The lowest BCUT2D eigenvalue weighted by molar-refractivity contribution is 0.0689. The van der Waals surface area contributed by atoms with Crippen molar-refractivity contribution in [3.05, 3.63) is 41.2 Å². The highest BCUT2D eigenvalue weighted by atomic mass is 16.4. The number of carboxylic acids is 1. The van der Waals surface area contributed by atoms with E-state index in [0.29, 0.717) is 12.1 Å². The van der Waals surface area contributed by atoms with Gasteiger partial charge in [-0.25, -0.2) is 9.48 Å². The second-order valence-corrected chi connectivity index (χ2v) is 4.19. The average molecular weight is 245 g/mol. The first kappa shape index (κ1) is 12.3. The Labute approximate surface area is 105 Å². The number of hydrogen-bond donors (Lipinski definition) is 1. The third kappa shape index (κ3) is 2.25. The van der Waals surface area contributed by atoms with E-state index in [1.165, 1.54) is 0 Å². The van der Waals surface area contributed by atoms with Crippen LogP contribution in [-0.4, -0.2) is 26.1 Å². The maximum absolute atomic E-state index is 11.1. The third-order valence-electron chi connectivity index (χ3n) is 2.70. The van der Waals surface area contributed by atoms with E-state index >= 15 is 0 Å². The zero-order valence-corrected chi connectivity index (χ0v) is 10.4. The van der Waals surface area contributed by atoms with Gasteiger partial charge in [-0.05, 0) is 31.0 Å². The molecule has 0 aliphatic rings. The van der Waals surface area contributed by atoms with E-state index in [-0.39, 0.29) is 5.69 Å². The van der Waals surface area contributed by atoms with Crippen LogP contribution in [0.3, 0.4) is 0 Å². The molecule has 94 valence electrons. The van der Waals surface area contributed by atoms with Gasteiger partial charge in [-0.3, -0.25) is 0 Å². The monoisotopic (exact) mass is 245 g/mol. The van der Waals surface area contributed by atoms with E-state index in [9.17, 15) is 4.79 Å². The molecule has 0 unspecified atom stereocenters. The molecule has 2 rings (SSSR count). The molecule has 5 nitrogen and oxygen atoms in total. The summed E-state index contributed by atoms with van der Waals surface area (Å²) in [5.74, 6) is -1.03. The first-order valence-electron chi connectivity index (χ1n) is 5.88. The predicted octanol–water partition coefficient (Wildman–Crippen LogP) is 2.23. The molecule has 0 saturated carbocycles. The van der Waals surface area contributed by atoms with E-state index in [1.54, 1.807) is 4.68 Å². The van der Waals surface area contributed by atoms with Crippen LogP contribution in [-0.2, 0) is 6.42 Å². The van der Waals surface area contributed by atoms with Gasteiger partial charge in [0.05, 0.1) is 11.4 Å². The second kappa shape index (κ2) is 5.00. The molecule has 1 N–H and O–H groups in total. The summed E-state index contributed by atoms with van der Waals surface area (Å²) in [5, 5.41) is 16.8. The third-order valence-corrected chi connectivity index (χ3v) is 2.70. The number of carboxylic acid groups (broad SMARTS) is 1. The number of rotatable bonds is 4. The molecule has 0 saturated heterocycles. The van der Waals surface area contributed by atoms with Crippen LogP contribution in [0.25, 0.3) is 5.69 Å². The fourth-order valence-corrected chi connectivity index (χ4v) is 1.90. The quantitative estimate of drug-likeness (QED) is 0.896. The summed E-state index contributed by atoms with van der Waals surface area (Å²) in [6, 6.07) is 7.76. The van der Waals surface area contributed by atoms with Gasteiger partial charge in [-0.15, -0.1) is 5.10 Å². The van der Waals surface area contributed by atoms with Crippen molar-refractivity contribution >= 4 is 5.97 Å². The Balaban J connectivity index is 2.54. The van der Waals surface area contributed by atoms with Gasteiger partial charge >= 0.3 is 5.97 Å². The summed E-state index contributed by atoms with van der Waals surface area (Å²) in [7, 11) is 0. The van der Waals surface area contributed by atoms with Crippen LogP contribution in [0, 0.1) is 6.92 Å². The molecular formula is C13H15N3O2. The molecule has 0 atom stereocenters. The Morgan fingerprint density at radius 2 is 2.22 bits per heavy atom. The summed E-state index contributed by atoms with van der Waals surface area (Å²) in [6.07, 6.45) is 1.49. The standard InChI is InChI=1S/C13H15N3O2/c1-3-5-11-12(13(17)18)14-15-16(11)10-7-4-6-9(2)8-10/h4,6-8H,3,5H2,1-2H3,(H,17,18). The minimum Gasteiger partial charge on any atom is -0.476 e. The van der Waals surface area contributed by atoms with Crippen molar-refractivity contribution in [1.29, 1.82) is 0 Å². The second-order valence-electron chi connectivity index (χ2n) is 4.19. The Morgan fingerprint density at radius 1 is 1.44 bits per heavy atom. The number of aromatic carboxylic acids is 1. The van der Waals surface area contributed by atoms with Crippen molar-refractivity contribution in [2.45, 2.75) is 26.7 Å². The van der Waals surface area contributed by atoms with Gasteiger partial charge in [0.2, 0.25) is 0 Å². The molecule has 0 radical (unpaired) electrons. The maximum atomic E-state index is 11.1. The lowest BCUT2D eigenvalue weighted by Gasteiger charge is -2.06. The van der Waals surface area contributed by atoms with Crippen molar-refractivity contribution in [1.82, 2.24) is 15.0 Å². The van der Waals surface area contributed by atoms with Gasteiger partial charge in [0.25, 0.3) is 0 Å². The van der Waals surface area contributed by atoms with Gasteiger partial charge in [0, 0.05) is 0 Å². The molecule has 1 aromatic heterocycles. The summed E-state index contributed by atoms with van der Waals surface area (Å²) < 4.78 is 1.61. The summed E-state index contributed by atoms with van der Waals surface area (Å²) in [5.41, 5.74) is 2.63. The van der Waals surface area contributed by atoms with E-state index in [4.69, 9.17) is 5.11 Å². The molecule has 0 aliphatic heterocycles. The zero-order valence-electron chi connectivity index (χ0n) is 10.4. The zero-order chi connectivity index (χ0) is 13.1. The average Bonchev–Trinajstić information content (AvgIpc) is 2.73. The number of hydrogen-bond acceptors (Lipinski definition) is 3. The number of aromatic nitrogens is 3. The minimum atomic E-state index is -1.03. The van der Waals surface area contributed by atoms with Crippen molar-refractivity contribution in [2.24, 2.45) is 0 Å². The molecule has 0 aliphatic carbocycles. The van der Waals surface area contributed by atoms with Crippen molar-refractivity contribution in [3.8, 4) is 5.69 Å². The van der Waals surface area contributed by atoms with Crippen LogP contribution < -0.4 is 0 Å². The lowest BCUT2D eigenvalue weighted by atomic mass is 10.2. The lowest BCUT2D eigenvalue weighted by Crippen LogP contribution is -2.06. The van der Waals surface area contributed by atoms with E-state index in [2.05, 4.69) is 10.3 Å². The van der Waals surface area contributed by atoms with Crippen LogP contribution in [0.5, 0.6) is 0 Å². The SMILES string of the molecule is CCCc1c(C(=O)O)nnn1-c1cccc(C)c1. The smallest absolute Gasteiger partial charge is 0.358 e. The molecule has 1 heterocycles. The molecule has 1 aromatic carbocycles. The Bertz CT molecular complexity index is 575. The van der Waals surface area contributed by atoms with Crippen molar-refractivity contribution < 1.29 is 9.90 Å². The van der Waals surface area contributed by atoms with Gasteiger partial charge in [0.1, 0.15) is 0 Å². The Morgan fingerprint density at radius 3 is 2.83 bits per heavy atom. The van der Waals surface area contributed by atoms with Gasteiger partial charge in [-0.2, -0.15) is 0 Å². The molecule has 2 aromatic rings. The fraction of sp³-hybridized carbons (Fsp3) is 0.308. The Kier molecular flexibility index (Phi) is 3.41. The van der Waals surface area contributed by atoms with E-state index < -0.39 is 5.97 Å². The van der Waals surface area contributed by atoms with Crippen molar-refractivity contribution in [2.75, 3.05) is 0 Å². The largest absolute Gasteiger partial charge is 0.476 e. The van der Waals surface area contributed by atoms with Gasteiger partial charge in [-0.1, -0.05) is 30.7 Å². The number of nitrogens with zero attached hydrogens (tertiary/aromatic N) is 3. The summed E-state index contributed by atoms with van der Waals surface area (Å²) in [4.78, 5) is 11.1. The highest BCUT2D eigenvalue weighted by Gasteiger charge is 2.18. The summed E-state index contributed by atoms with van der Waals surface area (Å²) in [6.45, 7) is 3.98. The first-order valence-corrected chi connectivity index (χ1v) is 5.88. The van der Waals surface area contributed by atoms with Crippen LogP contribution in [0.2, 0.25) is 0 Å². The van der Waals surface area contributed by atoms with Crippen LogP contribution >= 0.6 is 0 Å². The molecule has 0 bridgehead atoms. The molecule has 0 spiro atoms. The van der Waals surface area contributed by atoms with Crippen molar-refractivity contribution in [3.63, 3.8) is 0 Å². The van der Waals surface area contributed by atoms with Crippen LogP contribution in [0.15, 0.2) is 24.3 Å². The van der Waals surface area contributed by atoms with Gasteiger partial charge < -0.3 is 5.11 Å².